The number of nitrogens with one attached hydrogen (secondary N) is 1. The molecule has 7 atom stereocenters. The summed E-state index contributed by atoms with van der Waals surface area (Å²) in [5, 5.41) is 11.8. The number of esters is 1. The largest absolute Gasteiger partial charge is 0.480 e. The lowest BCUT2D eigenvalue weighted by molar-refractivity contribution is -0.160. The summed E-state index contributed by atoms with van der Waals surface area (Å²) in [6, 6.07) is -0.960. The third kappa shape index (κ3) is 4.79. The summed E-state index contributed by atoms with van der Waals surface area (Å²) in [4.78, 5) is 48.2. The van der Waals surface area contributed by atoms with Crippen molar-refractivity contribution in [2.75, 3.05) is 0 Å². The first kappa shape index (κ1) is 25.9. The van der Waals surface area contributed by atoms with E-state index in [2.05, 4.69) is 19.2 Å². The zero-order chi connectivity index (χ0) is 25.5. The number of hydrogen-bond acceptors (Lipinski definition) is 5. The number of aliphatic carboxylic acids is 1. The molecule has 0 aromatic carbocycles. The Labute approximate surface area is 208 Å². The lowest BCUT2D eigenvalue weighted by Crippen LogP contribution is -2.51. The van der Waals surface area contributed by atoms with Crippen LogP contribution < -0.4 is 5.32 Å². The van der Waals surface area contributed by atoms with Crippen LogP contribution in [-0.4, -0.2) is 40.9 Å². The third-order valence-corrected chi connectivity index (χ3v) is 9.95. The predicted octanol–water partition coefficient (Wildman–Crippen LogP) is 4.44. The van der Waals surface area contributed by atoms with Gasteiger partial charge in [0.2, 0.25) is 5.91 Å². The molecule has 0 spiro atoms. The Hall–Kier alpha value is -2.18. The Bertz CT molecular complexity index is 924. The second-order valence-corrected chi connectivity index (χ2v) is 12.2. The smallest absolute Gasteiger partial charge is 0.326 e. The third-order valence-electron chi connectivity index (χ3n) is 9.95. The van der Waals surface area contributed by atoms with Crippen LogP contribution in [0.15, 0.2) is 11.6 Å². The number of ether oxygens (including phenoxy) is 1. The van der Waals surface area contributed by atoms with Crippen molar-refractivity contribution in [1.29, 1.82) is 0 Å². The zero-order valence-electron chi connectivity index (χ0n) is 21.6. The Morgan fingerprint density at radius 1 is 1.06 bits per heavy atom. The van der Waals surface area contributed by atoms with Crippen LogP contribution in [0.3, 0.4) is 0 Å². The van der Waals surface area contributed by atoms with Crippen LogP contribution in [0.25, 0.3) is 0 Å². The van der Waals surface area contributed by atoms with Gasteiger partial charge in [-0.1, -0.05) is 33.3 Å². The molecule has 0 radical (unpaired) electrons. The fourth-order valence-corrected chi connectivity index (χ4v) is 7.90. The highest BCUT2D eigenvalue weighted by molar-refractivity contribution is 5.91. The monoisotopic (exact) mass is 487 g/mol. The van der Waals surface area contributed by atoms with Crippen LogP contribution in [0, 0.1) is 34.5 Å². The number of allylic oxidation sites excluding steroid dienone is 1. The highest BCUT2D eigenvalue weighted by atomic mass is 16.5. The van der Waals surface area contributed by atoms with E-state index < -0.39 is 17.9 Å². The van der Waals surface area contributed by atoms with Gasteiger partial charge in [-0.15, -0.1) is 0 Å². The Balaban J connectivity index is 1.35. The van der Waals surface area contributed by atoms with E-state index in [1.54, 1.807) is 13.8 Å². The second-order valence-electron chi connectivity index (χ2n) is 12.2. The van der Waals surface area contributed by atoms with Gasteiger partial charge in [0.25, 0.3) is 0 Å². The number of carboxylic acid groups (broad SMARTS) is 1. The summed E-state index contributed by atoms with van der Waals surface area (Å²) in [6.45, 7) is 8.12. The number of carbonyl (C=O) groups is 4. The van der Waals surface area contributed by atoms with Crippen LogP contribution in [0.1, 0.15) is 91.9 Å². The van der Waals surface area contributed by atoms with Crippen LogP contribution in [-0.2, 0) is 23.9 Å². The average Bonchev–Trinajstić information content (AvgIpc) is 3.12. The summed E-state index contributed by atoms with van der Waals surface area (Å²) in [5.74, 6) is -0.146. The highest BCUT2D eigenvalue weighted by Gasteiger charge is 2.59. The minimum Gasteiger partial charge on any atom is -0.480 e. The molecule has 7 heteroatoms. The molecule has 4 aliphatic carbocycles. The molecule has 194 valence electrons. The molecule has 0 aromatic rings. The summed E-state index contributed by atoms with van der Waals surface area (Å²) in [5.41, 5.74) is 1.44. The minimum atomic E-state index is -1.07. The predicted molar refractivity (Wildman–Crippen MR) is 130 cm³/mol. The summed E-state index contributed by atoms with van der Waals surface area (Å²) < 4.78 is 5.97. The molecule has 2 N–H and O–H groups in total. The van der Waals surface area contributed by atoms with Gasteiger partial charge >= 0.3 is 11.9 Å². The Kier molecular flexibility index (Phi) is 7.18. The van der Waals surface area contributed by atoms with Gasteiger partial charge in [-0.2, -0.15) is 0 Å². The summed E-state index contributed by atoms with van der Waals surface area (Å²) in [6.07, 6.45) is 9.44. The molecule has 0 heterocycles. The molecule has 7 nitrogen and oxygen atoms in total. The Morgan fingerprint density at radius 2 is 1.80 bits per heavy atom. The van der Waals surface area contributed by atoms with Gasteiger partial charge < -0.3 is 15.2 Å². The van der Waals surface area contributed by atoms with Crippen molar-refractivity contribution in [2.24, 2.45) is 34.5 Å². The molecule has 0 saturated heterocycles. The van der Waals surface area contributed by atoms with Crippen molar-refractivity contribution in [3.63, 3.8) is 0 Å². The van der Waals surface area contributed by atoms with E-state index in [0.29, 0.717) is 24.2 Å². The number of amides is 1. The molecule has 0 unspecified atom stereocenters. The molecule has 3 fully saturated rings. The maximum absolute atomic E-state index is 12.7. The number of rotatable bonds is 7. The average molecular weight is 488 g/mol. The lowest BCUT2D eigenvalue weighted by atomic mass is 9.47. The van der Waals surface area contributed by atoms with Gasteiger partial charge in [0.05, 0.1) is 6.42 Å². The summed E-state index contributed by atoms with van der Waals surface area (Å²) in [7, 11) is 0. The van der Waals surface area contributed by atoms with Crippen molar-refractivity contribution in [3.8, 4) is 0 Å². The molecule has 4 aliphatic rings. The van der Waals surface area contributed by atoms with E-state index in [9.17, 15) is 24.3 Å². The van der Waals surface area contributed by atoms with Crippen molar-refractivity contribution in [1.82, 2.24) is 5.32 Å². The van der Waals surface area contributed by atoms with Crippen molar-refractivity contribution in [3.05, 3.63) is 11.6 Å². The first-order valence-corrected chi connectivity index (χ1v) is 13.4. The summed E-state index contributed by atoms with van der Waals surface area (Å²) >= 11 is 0. The topological polar surface area (TPSA) is 110 Å². The van der Waals surface area contributed by atoms with Gasteiger partial charge in [0.1, 0.15) is 12.1 Å². The highest BCUT2D eigenvalue weighted by Crippen LogP contribution is 2.65. The number of fused-ring (bicyclic) bond motifs is 5. The second kappa shape index (κ2) is 9.70. The SMILES string of the molecule is CC(C)[C@H](NC(=O)CCC(=O)O[C@@H]1CC[C@@H]2[C@@H]3CCC4=CC(=O)CC[C@]4(C)[C@@H]3CC[C@@]21C)C(=O)O. The number of hydrogen-bond donors (Lipinski definition) is 2. The lowest BCUT2D eigenvalue weighted by Gasteiger charge is -2.57. The standard InChI is InChI=1S/C28H41NO6/c1-16(2)25(26(33)34)29-23(31)9-10-24(32)35-22-8-7-20-19-6-5-17-15-18(30)11-13-27(17,3)21(19)12-14-28(20,22)4/h15-16,19-22,25H,5-14H2,1-4H3,(H,29,31)(H,33,34)/t19-,20+,21+,22+,25-,27-,28-/m0/s1. The van der Waals surface area contributed by atoms with E-state index in [1.165, 1.54) is 5.57 Å². The molecule has 1 amide bonds. The first-order valence-electron chi connectivity index (χ1n) is 13.4. The molecule has 4 rings (SSSR count). The van der Waals surface area contributed by atoms with Crippen molar-refractivity contribution in [2.45, 2.75) is 104 Å². The van der Waals surface area contributed by atoms with Crippen LogP contribution in [0.2, 0.25) is 0 Å². The molecule has 0 aromatic heterocycles. The normalized spacial score (nSPS) is 36.9. The van der Waals surface area contributed by atoms with E-state index in [1.807, 2.05) is 6.08 Å². The zero-order valence-corrected chi connectivity index (χ0v) is 21.6. The maximum Gasteiger partial charge on any atom is 0.326 e. The minimum absolute atomic E-state index is 0.0418. The van der Waals surface area contributed by atoms with Gasteiger partial charge in [-0.25, -0.2) is 4.79 Å². The quantitative estimate of drug-likeness (QED) is 0.514. The van der Waals surface area contributed by atoms with Crippen LogP contribution in [0.5, 0.6) is 0 Å². The van der Waals surface area contributed by atoms with Crippen LogP contribution in [0.4, 0.5) is 0 Å². The van der Waals surface area contributed by atoms with E-state index >= 15 is 0 Å². The maximum atomic E-state index is 12.7. The molecular formula is C28H41NO6. The fourth-order valence-electron chi connectivity index (χ4n) is 7.90. The van der Waals surface area contributed by atoms with E-state index in [4.69, 9.17) is 4.74 Å². The van der Waals surface area contributed by atoms with Gasteiger partial charge in [-0.05, 0) is 80.1 Å². The van der Waals surface area contributed by atoms with Gasteiger partial charge in [0.15, 0.2) is 5.78 Å². The molecule has 35 heavy (non-hydrogen) atoms. The fraction of sp³-hybridized carbons (Fsp3) is 0.786. The molecule has 0 aliphatic heterocycles. The van der Waals surface area contributed by atoms with Gasteiger partial charge in [0, 0.05) is 18.3 Å². The van der Waals surface area contributed by atoms with E-state index in [0.717, 1.165) is 44.9 Å². The van der Waals surface area contributed by atoms with Crippen LogP contribution >= 0.6 is 0 Å². The molecule has 3 saturated carbocycles. The molecular weight excluding hydrogens is 446 g/mol. The number of carboxylic acids is 1. The number of carbonyl (C=O) groups excluding carboxylic acids is 3. The van der Waals surface area contributed by atoms with E-state index in [-0.39, 0.29) is 47.4 Å². The first-order chi connectivity index (χ1) is 16.5. The van der Waals surface area contributed by atoms with Gasteiger partial charge in [-0.3, -0.25) is 14.4 Å². The van der Waals surface area contributed by atoms with Crippen molar-refractivity contribution < 1.29 is 29.0 Å². The Morgan fingerprint density at radius 3 is 2.49 bits per heavy atom. The van der Waals surface area contributed by atoms with Crippen molar-refractivity contribution >= 4 is 23.6 Å². The molecule has 0 bridgehead atoms. The number of ketones is 1.